The van der Waals surface area contributed by atoms with E-state index < -0.39 is 0 Å². The van der Waals surface area contributed by atoms with Crippen LogP contribution in [0.1, 0.15) is 65.2 Å². The maximum Gasteiger partial charge on any atom is 0.226 e. The molecule has 0 saturated heterocycles. The summed E-state index contributed by atoms with van der Waals surface area (Å²) < 4.78 is 5.61. The van der Waals surface area contributed by atoms with Gasteiger partial charge in [0, 0.05) is 12.1 Å². The number of benzene rings is 1. The fraction of sp³-hybridized carbons (Fsp3) is 0.579. The van der Waals surface area contributed by atoms with E-state index in [4.69, 9.17) is 17.0 Å². The van der Waals surface area contributed by atoms with Gasteiger partial charge in [-0.05, 0) is 49.3 Å². The molecule has 1 aromatic carbocycles. The van der Waals surface area contributed by atoms with Crippen molar-refractivity contribution in [1.29, 1.82) is 0 Å². The Morgan fingerprint density at radius 3 is 2.33 bits per heavy atom. The van der Waals surface area contributed by atoms with E-state index in [1.165, 1.54) is 19.3 Å². The zero-order chi connectivity index (χ0) is 17.6. The number of ether oxygens (including phenoxy) is 1. The number of carbonyl (C=O) groups is 1. The van der Waals surface area contributed by atoms with Crippen molar-refractivity contribution in [3.05, 3.63) is 24.3 Å². The van der Waals surface area contributed by atoms with Crippen LogP contribution in [0.3, 0.4) is 0 Å². The minimum Gasteiger partial charge on any atom is -0.494 e. The number of hydrogen-bond acceptors (Lipinski definition) is 3. The molecule has 0 atom stereocenters. The van der Waals surface area contributed by atoms with Gasteiger partial charge in [-0.1, -0.05) is 46.0 Å². The lowest BCUT2D eigenvalue weighted by Gasteiger charge is -2.10. The molecule has 0 radical (unpaired) electrons. The molecule has 1 rings (SSSR count). The molecule has 1 aromatic rings. The molecule has 2 N–H and O–H groups in total. The Hall–Kier alpha value is -1.62. The van der Waals surface area contributed by atoms with Crippen molar-refractivity contribution in [3.63, 3.8) is 0 Å². The lowest BCUT2D eigenvalue weighted by atomic mass is 10.1. The van der Waals surface area contributed by atoms with Crippen LogP contribution in [0.2, 0.25) is 0 Å². The lowest BCUT2D eigenvalue weighted by Crippen LogP contribution is -2.33. The Balaban J connectivity index is 2.25. The summed E-state index contributed by atoms with van der Waals surface area (Å²) in [6, 6.07) is 7.58. The summed E-state index contributed by atoms with van der Waals surface area (Å²) in [5.74, 6) is 0.819. The van der Waals surface area contributed by atoms with Gasteiger partial charge in [0.05, 0.1) is 6.61 Å². The minimum absolute atomic E-state index is 0.0245. The first-order chi connectivity index (χ1) is 11.7. The zero-order valence-electron chi connectivity index (χ0n) is 14.9. The summed E-state index contributed by atoms with van der Waals surface area (Å²) in [7, 11) is 0. The zero-order valence-corrected chi connectivity index (χ0v) is 15.7. The van der Waals surface area contributed by atoms with Crippen LogP contribution in [-0.2, 0) is 4.79 Å². The summed E-state index contributed by atoms with van der Waals surface area (Å²) >= 11 is 5.18. The fourth-order valence-corrected chi connectivity index (χ4v) is 2.44. The van der Waals surface area contributed by atoms with Crippen molar-refractivity contribution in [1.82, 2.24) is 5.32 Å². The van der Waals surface area contributed by atoms with Gasteiger partial charge in [0.1, 0.15) is 5.75 Å². The van der Waals surface area contributed by atoms with Crippen LogP contribution in [-0.4, -0.2) is 17.6 Å². The van der Waals surface area contributed by atoms with Crippen molar-refractivity contribution in [2.75, 3.05) is 11.9 Å². The Kier molecular flexibility index (Phi) is 10.9. The highest BCUT2D eigenvalue weighted by atomic mass is 32.1. The highest BCUT2D eigenvalue weighted by Gasteiger charge is 2.05. The van der Waals surface area contributed by atoms with Gasteiger partial charge < -0.3 is 15.4 Å². The third-order valence-electron chi connectivity index (χ3n) is 3.64. The Labute approximate surface area is 151 Å². The number of carbonyl (C=O) groups excluding carboxylic acids is 1. The van der Waals surface area contributed by atoms with Crippen molar-refractivity contribution < 1.29 is 9.53 Å². The van der Waals surface area contributed by atoms with Crippen LogP contribution in [0.4, 0.5) is 5.69 Å². The Bertz CT molecular complexity index is 489. The maximum absolute atomic E-state index is 11.8. The quantitative estimate of drug-likeness (QED) is 0.434. The van der Waals surface area contributed by atoms with Crippen LogP contribution < -0.4 is 15.4 Å². The number of hydrogen-bond donors (Lipinski definition) is 2. The first kappa shape index (κ1) is 20.4. The smallest absolute Gasteiger partial charge is 0.226 e. The Morgan fingerprint density at radius 1 is 1.00 bits per heavy atom. The van der Waals surface area contributed by atoms with Gasteiger partial charge in [-0.3, -0.25) is 4.79 Å². The molecule has 0 spiro atoms. The molecule has 0 aliphatic carbocycles. The average molecular weight is 351 g/mol. The summed E-state index contributed by atoms with van der Waals surface area (Å²) in [4.78, 5) is 11.8. The topological polar surface area (TPSA) is 50.4 Å². The second kappa shape index (κ2) is 12.8. The normalized spacial score (nSPS) is 10.2. The number of amides is 1. The lowest BCUT2D eigenvalue weighted by molar-refractivity contribution is -0.119. The van der Waals surface area contributed by atoms with Crippen molar-refractivity contribution in [2.24, 2.45) is 0 Å². The summed E-state index contributed by atoms with van der Waals surface area (Å²) in [5, 5.41) is 6.09. The highest BCUT2D eigenvalue weighted by molar-refractivity contribution is 7.80. The summed E-state index contributed by atoms with van der Waals surface area (Å²) in [5.41, 5.74) is 0.839. The summed E-state index contributed by atoms with van der Waals surface area (Å²) in [6.45, 7) is 5.05. The predicted molar refractivity (Wildman–Crippen MR) is 105 cm³/mol. The molecular weight excluding hydrogens is 320 g/mol. The van der Waals surface area contributed by atoms with E-state index in [1.807, 2.05) is 24.3 Å². The number of rotatable bonds is 11. The van der Waals surface area contributed by atoms with E-state index in [1.54, 1.807) is 0 Å². The maximum atomic E-state index is 11.8. The fourth-order valence-electron chi connectivity index (χ4n) is 2.21. The third-order valence-corrected chi connectivity index (χ3v) is 3.84. The van der Waals surface area contributed by atoms with E-state index in [0.717, 1.165) is 43.7 Å². The molecule has 0 aliphatic rings. The first-order valence-electron chi connectivity index (χ1n) is 8.99. The van der Waals surface area contributed by atoms with Crippen LogP contribution in [0.5, 0.6) is 5.75 Å². The van der Waals surface area contributed by atoms with Crippen LogP contribution in [0.15, 0.2) is 24.3 Å². The molecule has 1 amide bonds. The summed E-state index contributed by atoms with van der Waals surface area (Å²) in [6.07, 6.45) is 8.34. The molecular formula is C19H30N2O2S. The van der Waals surface area contributed by atoms with Gasteiger partial charge in [-0.2, -0.15) is 0 Å². The second-order valence-corrected chi connectivity index (χ2v) is 6.30. The number of anilines is 1. The Morgan fingerprint density at radius 2 is 1.67 bits per heavy atom. The van der Waals surface area contributed by atoms with E-state index in [0.29, 0.717) is 11.5 Å². The standard InChI is InChI=1S/C19H30N2O2S/c1-3-5-7-8-9-10-18(22)21-19(24)20-16-11-13-17(14-12-16)23-15-6-4-2/h11-14H,3-10,15H2,1-2H3,(H2,20,21,22,24). The van der Waals surface area contributed by atoms with Gasteiger partial charge in [0.15, 0.2) is 5.11 Å². The number of nitrogens with one attached hydrogen (secondary N) is 2. The molecule has 0 aromatic heterocycles. The van der Waals surface area contributed by atoms with E-state index in [-0.39, 0.29) is 5.91 Å². The van der Waals surface area contributed by atoms with Crippen LogP contribution >= 0.6 is 12.2 Å². The van der Waals surface area contributed by atoms with Crippen LogP contribution in [0.25, 0.3) is 0 Å². The molecule has 0 unspecified atom stereocenters. The van der Waals surface area contributed by atoms with Gasteiger partial charge in [-0.25, -0.2) is 0 Å². The van der Waals surface area contributed by atoms with Crippen molar-refractivity contribution in [2.45, 2.75) is 65.2 Å². The number of unbranched alkanes of at least 4 members (excludes halogenated alkanes) is 5. The molecule has 5 heteroatoms. The molecule has 0 aliphatic heterocycles. The average Bonchev–Trinajstić information content (AvgIpc) is 2.56. The van der Waals surface area contributed by atoms with Gasteiger partial charge in [0.2, 0.25) is 5.91 Å². The molecule has 0 heterocycles. The third kappa shape index (κ3) is 9.50. The van der Waals surface area contributed by atoms with E-state index >= 15 is 0 Å². The van der Waals surface area contributed by atoms with Crippen molar-refractivity contribution >= 4 is 28.9 Å². The molecule has 0 bridgehead atoms. The second-order valence-electron chi connectivity index (χ2n) is 5.89. The van der Waals surface area contributed by atoms with E-state index in [2.05, 4.69) is 24.5 Å². The van der Waals surface area contributed by atoms with Crippen LogP contribution in [0, 0.1) is 0 Å². The largest absolute Gasteiger partial charge is 0.494 e. The monoisotopic (exact) mass is 350 g/mol. The SMILES string of the molecule is CCCCCCCC(=O)NC(=S)Nc1ccc(OCCCC)cc1. The minimum atomic E-state index is -0.0245. The van der Waals surface area contributed by atoms with Gasteiger partial charge in [0.25, 0.3) is 0 Å². The number of thiocarbonyl (C=S) groups is 1. The predicted octanol–water partition coefficient (Wildman–Crippen LogP) is 5.04. The molecule has 4 nitrogen and oxygen atoms in total. The van der Waals surface area contributed by atoms with E-state index in [9.17, 15) is 4.79 Å². The van der Waals surface area contributed by atoms with Gasteiger partial charge in [-0.15, -0.1) is 0 Å². The highest BCUT2D eigenvalue weighted by Crippen LogP contribution is 2.16. The molecule has 134 valence electrons. The molecule has 24 heavy (non-hydrogen) atoms. The molecule has 0 fully saturated rings. The van der Waals surface area contributed by atoms with Gasteiger partial charge >= 0.3 is 0 Å². The van der Waals surface area contributed by atoms with Crippen molar-refractivity contribution in [3.8, 4) is 5.75 Å². The first-order valence-corrected chi connectivity index (χ1v) is 9.40. The molecule has 0 saturated carbocycles.